The Labute approximate surface area is 157 Å². The third-order valence-electron chi connectivity index (χ3n) is 4.93. The number of oxazole rings is 1. The van der Waals surface area contributed by atoms with E-state index in [4.69, 9.17) is 16.6 Å². The molecule has 0 atom stereocenters. The zero-order valence-electron chi connectivity index (χ0n) is 14.5. The summed E-state index contributed by atoms with van der Waals surface area (Å²) in [6.45, 7) is 4.00. The molecule has 4 rings (SSSR count). The first-order valence-corrected chi connectivity index (χ1v) is 10.7. The van der Waals surface area contributed by atoms with Crippen molar-refractivity contribution in [1.29, 1.82) is 0 Å². The van der Waals surface area contributed by atoms with E-state index in [0.29, 0.717) is 22.0 Å². The summed E-state index contributed by atoms with van der Waals surface area (Å²) < 4.78 is 32.0. The number of hydrogen-bond donors (Lipinski definition) is 0. The molecule has 7 heteroatoms. The second kappa shape index (κ2) is 6.64. The van der Waals surface area contributed by atoms with Crippen LogP contribution in [0.1, 0.15) is 18.1 Å². The van der Waals surface area contributed by atoms with E-state index in [2.05, 4.69) is 29.2 Å². The summed E-state index contributed by atoms with van der Waals surface area (Å²) in [5.74, 6) is 0.0694. The number of nitrogens with zero attached hydrogens (tertiary/aromatic N) is 2. The predicted octanol–water partition coefficient (Wildman–Crippen LogP) is 3.77. The van der Waals surface area contributed by atoms with Crippen molar-refractivity contribution in [1.82, 2.24) is 9.47 Å². The molecular formula is C19H20N2O3S2. The molecule has 0 saturated heterocycles. The first kappa shape index (κ1) is 17.5. The lowest BCUT2D eigenvalue weighted by Gasteiger charge is -2.28. The molecule has 0 unspecified atom stereocenters. The summed E-state index contributed by atoms with van der Waals surface area (Å²) in [5.41, 5.74) is 4.05. The van der Waals surface area contributed by atoms with E-state index in [9.17, 15) is 8.42 Å². The van der Waals surface area contributed by atoms with E-state index >= 15 is 0 Å². The molecule has 1 aromatic heterocycles. The second-order valence-electron chi connectivity index (χ2n) is 6.54. The van der Waals surface area contributed by atoms with Gasteiger partial charge in [-0.2, -0.15) is 0 Å². The lowest BCUT2D eigenvalue weighted by atomic mass is 10.0. The summed E-state index contributed by atoms with van der Waals surface area (Å²) >= 11 is 5.38. The van der Waals surface area contributed by atoms with Crippen LogP contribution in [-0.2, 0) is 29.5 Å². The Balaban J connectivity index is 1.69. The molecule has 1 aliphatic heterocycles. The fourth-order valence-corrected chi connectivity index (χ4v) is 4.56. The number of sulfone groups is 1. The summed E-state index contributed by atoms with van der Waals surface area (Å²) in [4.78, 5) is 2.97. The van der Waals surface area contributed by atoms with Gasteiger partial charge < -0.3 is 4.42 Å². The van der Waals surface area contributed by atoms with Crippen LogP contribution in [0.2, 0.25) is 0 Å². The van der Waals surface area contributed by atoms with Gasteiger partial charge in [0.1, 0.15) is 0 Å². The van der Waals surface area contributed by atoms with E-state index in [-0.39, 0.29) is 5.75 Å². The molecule has 0 spiro atoms. The monoisotopic (exact) mass is 388 g/mol. The van der Waals surface area contributed by atoms with Gasteiger partial charge in [-0.05, 0) is 48.0 Å². The molecule has 0 saturated carbocycles. The van der Waals surface area contributed by atoms with Gasteiger partial charge in [0.15, 0.2) is 15.4 Å². The fourth-order valence-electron chi connectivity index (χ4n) is 3.41. The van der Waals surface area contributed by atoms with Crippen molar-refractivity contribution in [3.8, 4) is 0 Å². The van der Waals surface area contributed by atoms with Crippen LogP contribution in [0.3, 0.4) is 0 Å². The van der Waals surface area contributed by atoms with Crippen molar-refractivity contribution in [2.24, 2.45) is 0 Å². The van der Waals surface area contributed by atoms with Gasteiger partial charge in [0.05, 0.1) is 22.8 Å². The molecule has 0 bridgehead atoms. The third kappa shape index (κ3) is 3.11. The molecule has 0 N–H and O–H groups in total. The van der Waals surface area contributed by atoms with Crippen molar-refractivity contribution in [3.63, 3.8) is 0 Å². The van der Waals surface area contributed by atoms with Gasteiger partial charge in [-0.15, -0.1) is 0 Å². The Morgan fingerprint density at radius 2 is 1.92 bits per heavy atom. The molecule has 0 aliphatic carbocycles. The summed E-state index contributed by atoms with van der Waals surface area (Å²) in [6.07, 6.45) is 0.995. The highest BCUT2D eigenvalue weighted by Gasteiger charge is 2.19. The van der Waals surface area contributed by atoms with Crippen LogP contribution >= 0.6 is 12.2 Å². The molecule has 0 radical (unpaired) electrons. The van der Waals surface area contributed by atoms with Crippen molar-refractivity contribution in [2.75, 3.05) is 12.3 Å². The fraction of sp³-hybridized carbons (Fsp3) is 0.316. The maximum atomic E-state index is 12.2. The molecule has 5 nitrogen and oxygen atoms in total. The Kier molecular flexibility index (Phi) is 4.46. The number of aromatic nitrogens is 1. The highest BCUT2D eigenvalue weighted by molar-refractivity contribution is 7.91. The molecule has 0 amide bonds. The Morgan fingerprint density at radius 1 is 1.15 bits per heavy atom. The zero-order chi connectivity index (χ0) is 18.3. The lowest BCUT2D eigenvalue weighted by molar-refractivity contribution is 0.198. The van der Waals surface area contributed by atoms with Gasteiger partial charge >= 0.3 is 0 Å². The van der Waals surface area contributed by atoms with Gasteiger partial charge in [0.25, 0.3) is 4.84 Å². The normalized spacial score (nSPS) is 15.3. The van der Waals surface area contributed by atoms with Crippen molar-refractivity contribution in [2.45, 2.75) is 31.5 Å². The average molecular weight is 389 g/mol. The van der Waals surface area contributed by atoms with Crippen LogP contribution in [0.5, 0.6) is 0 Å². The number of rotatable bonds is 4. The van der Waals surface area contributed by atoms with E-state index in [1.54, 1.807) is 25.1 Å². The molecule has 2 aromatic carbocycles. The molecule has 3 aromatic rings. The minimum Gasteiger partial charge on any atom is -0.429 e. The van der Waals surface area contributed by atoms with E-state index in [1.165, 1.54) is 11.1 Å². The van der Waals surface area contributed by atoms with Crippen LogP contribution in [0.15, 0.2) is 51.8 Å². The number of fused-ring (bicyclic) bond motifs is 2. The van der Waals surface area contributed by atoms with Gasteiger partial charge in [-0.25, -0.2) is 8.42 Å². The maximum absolute atomic E-state index is 12.2. The summed E-state index contributed by atoms with van der Waals surface area (Å²) in [5, 5.41) is 0. The SMILES string of the molecule is CCS(=O)(=O)c1ccc2oc(=S)n(CN3CCc4ccccc4C3)c2c1. The minimum absolute atomic E-state index is 0.0694. The predicted molar refractivity (Wildman–Crippen MR) is 103 cm³/mol. The topological polar surface area (TPSA) is 55.5 Å². The molecular weight excluding hydrogens is 368 g/mol. The maximum Gasteiger partial charge on any atom is 0.270 e. The van der Waals surface area contributed by atoms with Crippen LogP contribution in [0.25, 0.3) is 11.1 Å². The first-order valence-electron chi connectivity index (χ1n) is 8.63. The van der Waals surface area contributed by atoms with Crippen LogP contribution in [-0.4, -0.2) is 30.2 Å². The van der Waals surface area contributed by atoms with Crippen molar-refractivity contribution >= 4 is 33.2 Å². The second-order valence-corrected chi connectivity index (χ2v) is 9.17. The lowest BCUT2D eigenvalue weighted by Crippen LogP contribution is -2.32. The van der Waals surface area contributed by atoms with Crippen LogP contribution < -0.4 is 0 Å². The largest absolute Gasteiger partial charge is 0.429 e. The van der Waals surface area contributed by atoms with E-state index in [1.807, 2.05) is 4.57 Å². The number of hydrogen-bond acceptors (Lipinski definition) is 5. The average Bonchev–Trinajstić information content (AvgIpc) is 2.96. The minimum atomic E-state index is -3.27. The van der Waals surface area contributed by atoms with Gasteiger partial charge in [-0.3, -0.25) is 9.47 Å². The standard InChI is InChI=1S/C19H20N2O3S2/c1-2-26(22,23)16-7-8-18-17(11-16)21(19(25)24-18)13-20-10-9-14-5-3-4-6-15(14)12-20/h3-8,11H,2,9-10,12-13H2,1H3. The van der Waals surface area contributed by atoms with Gasteiger partial charge in [0, 0.05) is 13.1 Å². The third-order valence-corrected chi connectivity index (χ3v) is 6.97. The molecule has 0 fully saturated rings. The Morgan fingerprint density at radius 3 is 2.69 bits per heavy atom. The Bertz CT molecular complexity index is 1130. The van der Waals surface area contributed by atoms with E-state index in [0.717, 1.165) is 25.0 Å². The highest BCUT2D eigenvalue weighted by atomic mass is 32.2. The quantitative estimate of drug-likeness (QED) is 0.637. The van der Waals surface area contributed by atoms with E-state index < -0.39 is 9.84 Å². The van der Waals surface area contributed by atoms with Gasteiger partial charge in [0.2, 0.25) is 0 Å². The summed E-state index contributed by atoms with van der Waals surface area (Å²) in [7, 11) is -3.27. The van der Waals surface area contributed by atoms with Crippen LogP contribution in [0.4, 0.5) is 0 Å². The number of benzene rings is 2. The first-order chi connectivity index (χ1) is 12.5. The summed E-state index contributed by atoms with van der Waals surface area (Å²) in [6, 6.07) is 13.4. The van der Waals surface area contributed by atoms with Crippen molar-refractivity contribution in [3.05, 3.63) is 58.4 Å². The highest BCUT2D eigenvalue weighted by Crippen LogP contribution is 2.25. The molecule has 2 heterocycles. The van der Waals surface area contributed by atoms with Gasteiger partial charge in [-0.1, -0.05) is 31.2 Å². The molecule has 136 valence electrons. The zero-order valence-corrected chi connectivity index (χ0v) is 16.1. The van der Waals surface area contributed by atoms with Crippen LogP contribution in [0, 0.1) is 4.84 Å². The van der Waals surface area contributed by atoms with Crippen molar-refractivity contribution < 1.29 is 12.8 Å². The smallest absolute Gasteiger partial charge is 0.270 e. The molecule has 26 heavy (non-hydrogen) atoms. The molecule has 1 aliphatic rings. The Hall–Kier alpha value is -1.96.